The van der Waals surface area contributed by atoms with E-state index in [4.69, 9.17) is 16.7 Å². The van der Waals surface area contributed by atoms with Crippen molar-refractivity contribution >= 4 is 44.7 Å². The lowest BCUT2D eigenvalue weighted by Gasteiger charge is -2.04. The lowest BCUT2D eigenvalue weighted by Crippen LogP contribution is -2.26. The molecule has 0 aliphatic rings. The highest BCUT2D eigenvalue weighted by atomic mass is 35.5. The molecule has 0 radical (unpaired) electrons. The smallest absolute Gasteiger partial charge is 0.252 e. The van der Waals surface area contributed by atoms with Gasteiger partial charge in [-0.3, -0.25) is 0 Å². The Balaban J connectivity index is 2.43. The summed E-state index contributed by atoms with van der Waals surface area (Å²) in [7, 11) is -3.50. The zero-order chi connectivity index (χ0) is 13.6. The van der Waals surface area contributed by atoms with Crippen LogP contribution in [0.1, 0.15) is 12.1 Å². The van der Waals surface area contributed by atoms with Crippen molar-refractivity contribution in [3.05, 3.63) is 10.2 Å². The maximum Gasteiger partial charge on any atom is 0.252 e. The molecular formula is C9H15ClN2O3S3. The van der Waals surface area contributed by atoms with Crippen LogP contribution in [0.15, 0.2) is 4.21 Å². The normalized spacial score (nSPS) is 11.9. The zero-order valence-corrected chi connectivity index (χ0v) is 13.1. The summed E-state index contributed by atoms with van der Waals surface area (Å²) in [6, 6.07) is 0. The van der Waals surface area contributed by atoms with Crippen molar-refractivity contribution in [3.63, 3.8) is 0 Å². The van der Waals surface area contributed by atoms with Gasteiger partial charge in [0.1, 0.15) is 0 Å². The topological polar surface area (TPSA) is 79.3 Å². The molecule has 1 rings (SSSR count). The van der Waals surface area contributed by atoms with Crippen LogP contribution < -0.4 is 4.72 Å². The molecule has 2 N–H and O–H groups in total. The summed E-state index contributed by atoms with van der Waals surface area (Å²) in [5.74, 6) is 1.49. The Kier molecular flexibility index (Phi) is 6.89. The summed E-state index contributed by atoms with van der Waals surface area (Å²) in [5, 5.41) is 8.59. The fraction of sp³-hybridized carbons (Fsp3) is 0.667. The highest BCUT2D eigenvalue weighted by Gasteiger charge is 2.20. The second-order valence-corrected chi connectivity index (χ2v) is 8.20. The van der Waals surface area contributed by atoms with E-state index in [0.29, 0.717) is 18.0 Å². The zero-order valence-electron chi connectivity index (χ0n) is 9.85. The number of aliphatic hydroxyl groups is 1. The first kappa shape index (κ1) is 16.2. The highest BCUT2D eigenvalue weighted by Crippen LogP contribution is 2.26. The molecule has 0 saturated heterocycles. The molecular weight excluding hydrogens is 316 g/mol. The number of sulfonamides is 1. The number of halogens is 1. The molecule has 0 aliphatic heterocycles. The molecule has 5 nitrogen and oxygen atoms in total. The molecule has 104 valence electrons. The number of nitrogens with one attached hydrogen (secondary N) is 1. The van der Waals surface area contributed by atoms with E-state index in [0.717, 1.165) is 23.5 Å². The lowest BCUT2D eigenvalue weighted by atomic mass is 10.5. The summed E-state index contributed by atoms with van der Waals surface area (Å²) in [6.45, 7) is 2.14. The van der Waals surface area contributed by atoms with Crippen LogP contribution in [0.2, 0.25) is 4.47 Å². The quantitative estimate of drug-likeness (QED) is 0.706. The summed E-state index contributed by atoms with van der Waals surface area (Å²) in [6.07, 6.45) is 0.723. The lowest BCUT2D eigenvalue weighted by molar-refractivity contribution is 0.296. The summed E-state index contributed by atoms with van der Waals surface area (Å²) in [5.41, 5.74) is 0.422. The van der Waals surface area contributed by atoms with E-state index in [1.54, 1.807) is 18.7 Å². The third kappa shape index (κ3) is 5.02. The van der Waals surface area contributed by atoms with Crippen LogP contribution in [0, 0.1) is 6.92 Å². The number of thiazole rings is 1. The minimum Gasteiger partial charge on any atom is -0.396 e. The Labute approximate surface area is 120 Å². The predicted octanol–water partition coefficient (Wildman–Crippen LogP) is 1.50. The molecule has 0 aromatic carbocycles. The molecule has 0 spiro atoms. The van der Waals surface area contributed by atoms with Crippen LogP contribution in [-0.4, -0.2) is 43.2 Å². The fourth-order valence-corrected chi connectivity index (χ4v) is 4.91. The first-order valence-electron chi connectivity index (χ1n) is 5.28. The number of hydrogen-bond acceptors (Lipinski definition) is 6. The average molecular weight is 331 g/mol. The van der Waals surface area contributed by atoms with Gasteiger partial charge in [0.2, 0.25) is 0 Å². The van der Waals surface area contributed by atoms with Gasteiger partial charge in [-0.15, -0.1) is 0 Å². The van der Waals surface area contributed by atoms with Gasteiger partial charge in [-0.2, -0.15) is 11.8 Å². The second-order valence-electron chi connectivity index (χ2n) is 3.43. The number of thioether (sulfide) groups is 1. The molecule has 0 unspecified atom stereocenters. The highest BCUT2D eigenvalue weighted by molar-refractivity contribution is 7.99. The van der Waals surface area contributed by atoms with Gasteiger partial charge in [0.15, 0.2) is 8.68 Å². The van der Waals surface area contributed by atoms with Crippen LogP contribution in [0.5, 0.6) is 0 Å². The fourth-order valence-electron chi connectivity index (χ4n) is 1.18. The summed E-state index contributed by atoms with van der Waals surface area (Å²) in [4.78, 5) is 3.88. The van der Waals surface area contributed by atoms with Crippen LogP contribution in [-0.2, 0) is 10.0 Å². The molecule has 1 heterocycles. The van der Waals surface area contributed by atoms with E-state index in [1.807, 2.05) is 0 Å². The Morgan fingerprint density at radius 2 is 2.22 bits per heavy atom. The number of aliphatic hydroxyl groups excluding tert-OH is 1. The Bertz CT molecular complexity index is 475. The van der Waals surface area contributed by atoms with Gasteiger partial charge in [-0.1, -0.05) is 22.9 Å². The molecule has 0 aliphatic carbocycles. The predicted molar refractivity (Wildman–Crippen MR) is 76.1 cm³/mol. The van der Waals surface area contributed by atoms with Gasteiger partial charge in [0.05, 0.1) is 5.69 Å². The number of aryl methyl sites for hydroxylation is 1. The van der Waals surface area contributed by atoms with Crippen molar-refractivity contribution in [2.75, 3.05) is 24.7 Å². The average Bonchev–Trinajstić information content (AvgIpc) is 2.63. The number of hydrogen-bond donors (Lipinski definition) is 2. The van der Waals surface area contributed by atoms with Crippen molar-refractivity contribution in [2.24, 2.45) is 0 Å². The molecule has 18 heavy (non-hydrogen) atoms. The maximum atomic E-state index is 11.9. The maximum absolute atomic E-state index is 11.9. The van der Waals surface area contributed by atoms with Crippen LogP contribution in [0.25, 0.3) is 0 Å². The molecule has 1 aromatic heterocycles. The second kappa shape index (κ2) is 7.66. The van der Waals surface area contributed by atoms with Crippen LogP contribution in [0.3, 0.4) is 0 Å². The van der Waals surface area contributed by atoms with Crippen molar-refractivity contribution in [2.45, 2.75) is 17.6 Å². The van der Waals surface area contributed by atoms with Crippen molar-refractivity contribution < 1.29 is 13.5 Å². The van der Waals surface area contributed by atoms with Gasteiger partial charge in [0.25, 0.3) is 10.0 Å². The van der Waals surface area contributed by atoms with Crippen molar-refractivity contribution in [1.29, 1.82) is 0 Å². The number of aromatic nitrogens is 1. The van der Waals surface area contributed by atoms with E-state index in [2.05, 4.69) is 9.71 Å². The van der Waals surface area contributed by atoms with Crippen molar-refractivity contribution in [1.82, 2.24) is 9.71 Å². The van der Waals surface area contributed by atoms with E-state index < -0.39 is 10.0 Å². The summed E-state index contributed by atoms with van der Waals surface area (Å²) >= 11 is 8.23. The Morgan fingerprint density at radius 1 is 1.50 bits per heavy atom. The minimum absolute atomic E-state index is 0.164. The molecule has 9 heteroatoms. The number of nitrogens with zero attached hydrogens (tertiary/aromatic N) is 1. The van der Waals surface area contributed by atoms with Gasteiger partial charge < -0.3 is 5.11 Å². The van der Waals surface area contributed by atoms with Gasteiger partial charge in [0, 0.05) is 18.9 Å². The van der Waals surface area contributed by atoms with Crippen molar-refractivity contribution in [3.8, 4) is 0 Å². The number of rotatable bonds is 8. The van der Waals surface area contributed by atoms with E-state index in [-0.39, 0.29) is 15.3 Å². The first-order chi connectivity index (χ1) is 8.47. The molecule has 0 saturated carbocycles. The van der Waals surface area contributed by atoms with Gasteiger partial charge in [-0.05, 0) is 19.1 Å². The van der Waals surface area contributed by atoms with Crippen LogP contribution in [0.4, 0.5) is 0 Å². The van der Waals surface area contributed by atoms with Gasteiger partial charge in [-0.25, -0.2) is 18.1 Å². The Hall–Kier alpha value is 0.140. The first-order valence-corrected chi connectivity index (χ1v) is 9.12. The standard InChI is InChI=1S/C9H15ClN2O3S3/c1-7-8(17-9(10)12-7)18(14,15)11-3-6-16-5-2-4-13/h11,13H,2-6H2,1H3. The largest absolute Gasteiger partial charge is 0.396 e. The third-order valence-corrected chi connectivity index (χ3v) is 6.36. The van der Waals surface area contributed by atoms with E-state index in [1.165, 1.54) is 0 Å². The monoisotopic (exact) mass is 330 g/mol. The molecule has 0 fully saturated rings. The SMILES string of the molecule is Cc1nc(Cl)sc1S(=O)(=O)NCCSCCCO. The third-order valence-electron chi connectivity index (χ3n) is 1.96. The van der Waals surface area contributed by atoms with E-state index in [9.17, 15) is 8.42 Å². The molecule has 0 atom stereocenters. The molecule has 0 bridgehead atoms. The van der Waals surface area contributed by atoms with E-state index >= 15 is 0 Å². The van der Waals surface area contributed by atoms with Gasteiger partial charge >= 0.3 is 0 Å². The molecule has 0 amide bonds. The van der Waals surface area contributed by atoms with Crippen LogP contribution >= 0.6 is 34.7 Å². The Morgan fingerprint density at radius 3 is 2.78 bits per heavy atom. The molecule has 1 aromatic rings. The summed E-state index contributed by atoms with van der Waals surface area (Å²) < 4.78 is 26.7. The minimum atomic E-state index is -3.50.